The van der Waals surface area contributed by atoms with Gasteiger partial charge in [-0.25, -0.2) is 17.6 Å². The van der Waals surface area contributed by atoms with Crippen LogP contribution in [0, 0.1) is 0 Å². The zero-order chi connectivity index (χ0) is 25.3. The summed E-state index contributed by atoms with van der Waals surface area (Å²) in [5.74, 6) is -0.597. The Morgan fingerprint density at radius 3 is 2.34 bits per heavy atom. The maximum atomic E-state index is 13.3. The minimum Gasteiger partial charge on any atom is -0.454 e. The molecule has 4 rings (SSSR count). The highest BCUT2D eigenvalue weighted by Crippen LogP contribution is 2.35. The molecule has 0 aliphatic heterocycles. The predicted molar refractivity (Wildman–Crippen MR) is 121 cm³/mol. The number of amides is 1. The highest BCUT2D eigenvalue weighted by Gasteiger charge is 2.28. The molecule has 0 unspecified atom stereocenters. The van der Waals surface area contributed by atoms with Gasteiger partial charge in [-0.1, -0.05) is 40.9 Å². The van der Waals surface area contributed by atoms with Crippen molar-refractivity contribution in [2.24, 2.45) is 0 Å². The number of rotatable bonds is 8. The number of hydrogen-bond donors (Lipinski definition) is 1. The van der Waals surface area contributed by atoms with E-state index in [1.54, 1.807) is 30.5 Å². The monoisotopic (exact) mass is 549 g/mol. The van der Waals surface area contributed by atoms with E-state index in [4.69, 9.17) is 39.2 Å². The second kappa shape index (κ2) is 10.3. The van der Waals surface area contributed by atoms with Gasteiger partial charge in [0.05, 0.1) is 18.1 Å². The van der Waals surface area contributed by atoms with Crippen LogP contribution in [0.1, 0.15) is 46.1 Å². The summed E-state index contributed by atoms with van der Waals surface area (Å²) in [4.78, 5) is 12.5. The van der Waals surface area contributed by atoms with E-state index in [9.17, 15) is 22.4 Å². The van der Waals surface area contributed by atoms with Crippen molar-refractivity contribution >= 4 is 46.5 Å². The van der Waals surface area contributed by atoms with Crippen LogP contribution in [-0.4, -0.2) is 25.5 Å². The summed E-state index contributed by atoms with van der Waals surface area (Å²) in [5.41, 5.74) is -1.17. The summed E-state index contributed by atoms with van der Waals surface area (Å²) in [7, 11) is 0. The molecule has 0 aliphatic carbocycles. The van der Waals surface area contributed by atoms with E-state index in [1.807, 2.05) is 0 Å². The Morgan fingerprint density at radius 2 is 1.69 bits per heavy atom. The van der Waals surface area contributed by atoms with Crippen LogP contribution in [0.2, 0.25) is 15.1 Å². The van der Waals surface area contributed by atoms with Gasteiger partial charge in [-0.2, -0.15) is 10.2 Å². The van der Waals surface area contributed by atoms with Gasteiger partial charge < -0.3 is 9.73 Å². The fraction of sp³-hybridized carbons (Fsp3) is 0.190. The van der Waals surface area contributed by atoms with Crippen LogP contribution in [0.5, 0.6) is 0 Å². The fourth-order valence-corrected chi connectivity index (χ4v) is 4.03. The summed E-state index contributed by atoms with van der Waals surface area (Å²) in [6, 6.07) is 9.27. The van der Waals surface area contributed by atoms with E-state index in [1.165, 1.54) is 16.8 Å². The van der Waals surface area contributed by atoms with Crippen LogP contribution < -0.4 is 5.32 Å². The zero-order valence-corrected chi connectivity index (χ0v) is 19.6. The standard InChI is InChI=1S/C21H14Cl3F4N5O2/c22-12-2-1-3-13(23)11(12)9-32-7-6-15(30-32)29-21(34)14-5-4-10(35-14)8-33-18(20(27)28)16(24)17(31-33)19(25)26/h1-7,19-20H,8-9H2,(H,29,30,34). The first kappa shape index (κ1) is 25.1. The van der Waals surface area contributed by atoms with E-state index >= 15 is 0 Å². The topological polar surface area (TPSA) is 77.9 Å². The molecule has 3 aromatic heterocycles. The van der Waals surface area contributed by atoms with Gasteiger partial charge in [-0.15, -0.1) is 0 Å². The number of halogens is 7. The maximum absolute atomic E-state index is 13.3. The van der Waals surface area contributed by atoms with Crippen molar-refractivity contribution < 1.29 is 26.8 Å². The van der Waals surface area contributed by atoms with E-state index in [2.05, 4.69) is 15.5 Å². The molecule has 14 heteroatoms. The Bertz CT molecular complexity index is 1350. The predicted octanol–water partition coefficient (Wildman–Crippen LogP) is 6.86. The summed E-state index contributed by atoms with van der Waals surface area (Å²) in [6.07, 6.45) is -4.67. The highest BCUT2D eigenvalue weighted by atomic mass is 35.5. The number of carbonyl (C=O) groups excluding carboxylic acids is 1. The lowest BCUT2D eigenvalue weighted by Gasteiger charge is -2.07. The minimum atomic E-state index is -3.14. The largest absolute Gasteiger partial charge is 0.454 e. The second-order valence-electron chi connectivity index (χ2n) is 7.16. The number of alkyl halides is 4. The highest BCUT2D eigenvalue weighted by molar-refractivity contribution is 6.36. The summed E-state index contributed by atoms with van der Waals surface area (Å²) in [6.45, 7) is -0.175. The number of hydrogen-bond acceptors (Lipinski definition) is 4. The molecule has 0 saturated heterocycles. The van der Waals surface area contributed by atoms with E-state index in [-0.39, 0.29) is 23.9 Å². The molecule has 0 fully saturated rings. The van der Waals surface area contributed by atoms with Crippen LogP contribution >= 0.6 is 34.8 Å². The summed E-state index contributed by atoms with van der Waals surface area (Å²) < 4.78 is 60.2. The smallest absolute Gasteiger partial charge is 0.292 e. The molecule has 0 aliphatic rings. The lowest BCUT2D eigenvalue weighted by atomic mass is 10.2. The summed E-state index contributed by atoms with van der Waals surface area (Å²) >= 11 is 18.0. The van der Waals surface area contributed by atoms with Gasteiger partial charge in [0.2, 0.25) is 0 Å². The van der Waals surface area contributed by atoms with Crippen molar-refractivity contribution in [1.29, 1.82) is 0 Å². The van der Waals surface area contributed by atoms with Crippen molar-refractivity contribution in [3.63, 3.8) is 0 Å². The van der Waals surface area contributed by atoms with E-state index in [0.29, 0.717) is 20.3 Å². The first-order valence-corrected chi connectivity index (χ1v) is 11.0. The quantitative estimate of drug-likeness (QED) is 0.243. The molecule has 1 aromatic carbocycles. The molecule has 1 amide bonds. The average molecular weight is 551 g/mol. The van der Waals surface area contributed by atoms with Crippen molar-refractivity contribution in [1.82, 2.24) is 19.6 Å². The number of furan rings is 1. The molecule has 0 radical (unpaired) electrons. The van der Waals surface area contributed by atoms with Crippen LogP contribution in [0.15, 0.2) is 47.0 Å². The van der Waals surface area contributed by atoms with Gasteiger partial charge in [0.15, 0.2) is 11.6 Å². The Balaban J connectivity index is 1.45. The van der Waals surface area contributed by atoms with E-state index in [0.717, 1.165) is 0 Å². The molecule has 0 spiro atoms. The van der Waals surface area contributed by atoms with Gasteiger partial charge in [0, 0.05) is 27.9 Å². The molecule has 0 saturated carbocycles. The Kier molecular flexibility index (Phi) is 7.39. The van der Waals surface area contributed by atoms with Crippen LogP contribution in [0.25, 0.3) is 0 Å². The Hall–Kier alpha value is -3.02. The van der Waals surface area contributed by atoms with Gasteiger partial charge in [-0.05, 0) is 24.3 Å². The van der Waals surface area contributed by atoms with E-state index < -0.39 is 41.7 Å². The number of nitrogens with zero attached hydrogens (tertiary/aromatic N) is 4. The minimum absolute atomic E-state index is 0.0240. The SMILES string of the molecule is O=C(Nc1ccn(Cc2c(Cl)cccc2Cl)n1)c1ccc(Cn2nc(C(F)F)c(Cl)c2C(F)F)o1. The van der Waals surface area contributed by atoms with Gasteiger partial charge in [0.25, 0.3) is 18.8 Å². The van der Waals surface area contributed by atoms with Crippen molar-refractivity contribution in [3.05, 3.63) is 86.1 Å². The van der Waals surface area contributed by atoms with Crippen molar-refractivity contribution in [3.8, 4) is 0 Å². The number of nitrogens with one attached hydrogen (secondary N) is 1. The third-order valence-electron chi connectivity index (χ3n) is 4.82. The Labute approximate surface area is 210 Å². The molecule has 4 aromatic rings. The molecular formula is C21H14Cl3F4N5O2. The lowest BCUT2D eigenvalue weighted by molar-refractivity contribution is 0.0993. The zero-order valence-electron chi connectivity index (χ0n) is 17.4. The summed E-state index contributed by atoms with van der Waals surface area (Å²) in [5, 5.41) is 10.4. The molecule has 7 nitrogen and oxygen atoms in total. The molecule has 1 N–H and O–H groups in total. The normalized spacial score (nSPS) is 11.6. The second-order valence-corrected chi connectivity index (χ2v) is 8.35. The number of carbonyl (C=O) groups is 1. The van der Waals surface area contributed by atoms with Gasteiger partial charge >= 0.3 is 0 Å². The van der Waals surface area contributed by atoms with Gasteiger partial charge in [-0.3, -0.25) is 14.2 Å². The van der Waals surface area contributed by atoms with Crippen molar-refractivity contribution in [2.75, 3.05) is 5.32 Å². The molecule has 3 heterocycles. The number of benzene rings is 1. The first-order valence-electron chi connectivity index (χ1n) is 9.82. The third kappa shape index (κ3) is 5.47. The average Bonchev–Trinajstić information content (AvgIpc) is 3.50. The molecule has 0 atom stereocenters. The molecule has 184 valence electrons. The van der Waals surface area contributed by atoms with Crippen LogP contribution in [-0.2, 0) is 13.1 Å². The first-order chi connectivity index (χ1) is 16.6. The Morgan fingerprint density at radius 1 is 0.971 bits per heavy atom. The van der Waals surface area contributed by atoms with Crippen molar-refractivity contribution in [2.45, 2.75) is 25.9 Å². The lowest BCUT2D eigenvalue weighted by Crippen LogP contribution is -2.12. The molecular weight excluding hydrogens is 537 g/mol. The third-order valence-corrected chi connectivity index (χ3v) is 5.92. The maximum Gasteiger partial charge on any atom is 0.292 e. The molecule has 35 heavy (non-hydrogen) atoms. The number of anilines is 1. The number of aromatic nitrogens is 4. The fourth-order valence-electron chi connectivity index (χ4n) is 3.21. The van der Waals surface area contributed by atoms with Crippen LogP contribution in [0.3, 0.4) is 0 Å². The van der Waals surface area contributed by atoms with Gasteiger partial charge in [0.1, 0.15) is 17.1 Å². The molecule has 0 bridgehead atoms. The van der Waals surface area contributed by atoms with Crippen LogP contribution in [0.4, 0.5) is 23.4 Å².